The summed E-state index contributed by atoms with van der Waals surface area (Å²) in [6, 6.07) is 0. The van der Waals surface area contributed by atoms with Crippen LogP contribution < -0.4 is 16.6 Å². The standard InChI is InChI=1S/C20H30N3O10P/c1-2-3-10-21-15(24)9-7-5-4-6-8-13-11-23(20(28)22-18(13)27)19-17(26)16(25)14(33-19)12-32-34(29,30)31/h11,14,16-17,19,25-26H,2-5,7,9-10,12H2,1H3,(H,21,24)(H,22,27,28)(H2,29,30,31)/t14-,16-,17+,19-/m1/s1. The molecule has 2 heterocycles. The number of phosphoric ester groups is 1. The van der Waals surface area contributed by atoms with E-state index in [0.29, 0.717) is 32.2 Å². The van der Waals surface area contributed by atoms with Crippen LogP contribution in [0.25, 0.3) is 0 Å². The molecule has 1 aromatic rings. The fraction of sp³-hybridized carbons (Fsp3) is 0.650. The number of phosphoric acid groups is 1. The maximum atomic E-state index is 12.2. The number of ether oxygens (including phenoxy) is 1. The Labute approximate surface area is 195 Å². The van der Waals surface area contributed by atoms with Crippen molar-refractivity contribution in [2.75, 3.05) is 13.2 Å². The molecule has 34 heavy (non-hydrogen) atoms. The van der Waals surface area contributed by atoms with Crippen molar-refractivity contribution < 1.29 is 38.6 Å². The molecular formula is C20H30N3O10P. The fourth-order valence-electron chi connectivity index (χ4n) is 3.18. The second kappa shape index (κ2) is 13.0. The van der Waals surface area contributed by atoms with Gasteiger partial charge in [-0.1, -0.05) is 25.2 Å². The average molecular weight is 503 g/mol. The van der Waals surface area contributed by atoms with Crippen LogP contribution in [0.5, 0.6) is 0 Å². The Bertz CT molecular complexity index is 1050. The van der Waals surface area contributed by atoms with Gasteiger partial charge in [0.15, 0.2) is 6.23 Å². The number of carbonyl (C=O) groups is 1. The lowest BCUT2D eigenvalue weighted by molar-refractivity contribution is -0.121. The van der Waals surface area contributed by atoms with E-state index in [1.54, 1.807) is 0 Å². The van der Waals surface area contributed by atoms with Crippen molar-refractivity contribution in [1.29, 1.82) is 0 Å². The molecule has 1 saturated heterocycles. The summed E-state index contributed by atoms with van der Waals surface area (Å²) in [5, 5.41) is 23.1. The molecule has 13 nitrogen and oxygen atoms in total. The van der Waals surface area contributed by atoms with E-state index in [0.717, 1.165) is 23.6 Å². The minimum absolute atomic E-state index is 0.0215. The summed E-state index contributed by atoms with van der Waals surface area (Å²) in [4.78, 5) is 55.6. The highest BCUT2D eigenvalue weighted by molar-refractivity contribution is 7.46. The van der Waals surface area contributed by atoms with Crippen LogP contribution in [0.15, 0.2) is 15.8 Å². The predicted molar refractivity (Wildman–Crippen MR) is 119 cm³/mol. The van der Waals surface area contributed by atoms with E-state index in [2.05, 4.69) is 26.7 Å². The van der Waals surface area contributed by atoms with Crippen molar-refractivity contribution in [3.63, 3.8) is 0 Å². The van der Waals surface area contributed by atoms with E-state index in [1.807, 2.05) is 6.92 Å². The molecule has 0 saturated carbocycles. The molecule has 0 unspecified atom stereocenters. The van der Waals surface area contributed by atoms with Gasteiger partial charge < -0.3 is 30.1 Å². The van der Waals surface area contributed by atoms with Crippen LogP contribution in [0.3, 0.4) is 0 Å². The fourth-order valence-corrected chi connectivity index (χ4v) is 3.52. The molecule has 2 rings (SSSR count). The van der Waals surface area contributed by atoms with E-state index in [4.69, 9.17) is 14.5 Å². The van der Waals surface area contributed by atoms with Gasteiger partial charge in [-0.3, -0.25) is 23.7 Å². The second-order valence-corrected chi connectivity index (χ2v) is 8.99. The van der Waals surface area contributed by atoms with E-state index in [1.165, 1.54) is 0 Å². The Kier molecular flexibility index (Phi) is 10.7. The van der Waals surface area contributed by atoms with E-state index < -0.39 is 50.2 Å². The van der Waals surface area contributed by atoms with Gasteiger partial charge >= 0.3 is 13.5 Å². The zero-order chi connectivity index (χ0) is 25.3. The van der Waals surface area contributed by atoms with Gasteiger partial charge in [-0.05, 0) is 19.3 Å². The Balaban J connectivity index is 1.99. The number of rotatable bonds is 11. The zero-order valence-electron chi connectivity index (χ0n) is 18.7. The first kappa shape index (κ1) is 27.9. The minimum Gasteiger partial charge on any atom is -0.387 e. The highest BCUT2D eigenvalue weighted by Crippen LogP contribution is 2.38. The molecule has 0 radical (unpaired) electrons. The van der Waals surface area contributed by atoms with E-state index in [9.17, 15) is 29.2 Å². The van der Waals surface area contributed by atoms with Crippen molar-refractivity contribution in [3.8, 4) is 11.8 Å². The van der Waals surface area contributed by atoms with Crippen LogP contribution in [0.4, 0.5) is 0 Å². The number of carbonyl (C=O) groups excluding carboxylic acids is 1. The number of amides is 1. The van der Waals surface area contributed by atoms with Gasteiger partial charge in [-0.15, -0.1) is 0 Å². The van der Waals surface area contributed by atoms with E-state index >= 15 is 0 Å². The summed E-state index contributed by atoms with van der Waals surface area (Å²) in [5.74, 6) is 5.41. The molecule has 14 heteroatoms. The predicted octanol–water partition coefficient (Wildman–Crippen LogP) is -0.907. The number of nitrogens with one attached hydrogen (secondary N) is 2. The molecule has 4 atom stereocenters. The highest BCUT2D eigenvalue weighted by atomic mass is 31.2. The first-order valence-corrected chi connectivity index (χ1v) is 12.4. The van der Waals surface area contributed by atoms with Crippen molar-refractivity contribution in [2.24, 2.45) is 0 Å². The van der Waals surface area contributed by atoms with Crippen LogP contribution in [-0.2, 0) is 18.6 Å². The highest BCUT2D eigenvalue weighted by Gasteiger charge is 2.45. The molecule has 1 aromatic heterocycles. The Morgan fingerprint density at radius 2 is 2.00 bits per heavy atom. The van der Waals surface area contributed by atoms with Crippen LogP contribution in [0.2, 0.25) is 0 Å². The summed E-state index contributed by atoms with van der Waals surface area (Å²) < 4.78 is 21.3. The first-order chi connectivity index (χ1) is 16.0. The normalized spacial score (nSPS) is 22.3. The van der Waals surface area contributed by atoms with Gasteiger partial charge in [0, 0.05) is 25.6 Å². The third-order valence-corrected chi connectivity index (χ3v) is 5.50. The Hall–Kier alpha value is -2.30. The van der Waals surface area contributed by atoms with Crippen LogP contribution >= 0.6 is 7.82 Å². The maximum absolute atomic E-state index is 12.2. The summed E-state index contributed by atoms with van der Waals surface area (Å²) in [7, 11) is -4.84. The molecule has 0 aromatic carbocycles. The minimum atomic E-state index is -4.84. The van der Waals surface area contributed by atoms with Crippen molar-refractivity contribution in [1.82, 2.24) is 14.9 Å². The van der Waals surface area contributed by atoms with Gasteiger partial charge in [0.2, 0.25) is 5.91 Å². The number of nitrogens with zero attached hydrogens (tertiary/aromatic N) is 1. The van der Waals surface area contributed by atoms with E-state index in [-0.39, 0.29) is 11.5 Å². The van der Waals surface area contributed by atoms with Crippen LogP contribution in [-0.4, -0.2) is 66.9 Å². The quantitative estimate of drug-likeness (QED) is 0.125. The summed E-state index contributed by atoms with van der Waals surface area (Å²) >= 11 is 0. The van der Waals surface area contributed by atoms with Gasteiger partial charge in [0.25, 0.3) is 5.56 Å². The maximum Gasteiger partial charge on any atom is 0.469 e. The lowest BCUT2D eigenvalue weighted by Crippen LogP contribution is -2.38. The monoisotopic (exact) mass is 503 g/mol. The summed E-state index contributed by atoms with van der Waals surface area (Å²) in [6.07, 6.45) is -0.990. The number of hydrogen-bond acceptors (Lipinski definition) is 8. The first-order valence-electron chi connectivity index (χ1n) is 10.9. The molecule has 190 valence electrons. The van der Waals surface area contributed by atoms with Crippen molar-refractivity contribution >= 4 is 13.7 Å². The van der Waals surface area contributed by atoms with Gasteiger partial charge in [0.1, 0.15) is 23.9 Å². The molecular weight excluding hydrogens is 473 g/mol. The molecule has 1 fully saturated rings. The third-order valence-electron chi connectivity index (χ3n) is 5.02. The smallest absolute Gasteiger partial charge is 0.387 e. The number of H-pyrrole nitrogens is 1. The van der Waals surface area contributed by atoms with Crippen LogP contribution in [0.1, 0.15) is 57.2 Å². The molecule has 0 spiro atoms. The number of aromatic amines is 1. The van der Waals surface area contributed by atoms with Crippen LogP contribution in [0, 0.1) is 11.8 Å². The molecule has 0 aliphatic carbocycles. The topological polar surface area (TPSA) is 200 Å². The summed E-state index contributed by atoms with van der Waals surface area (Å²) in [6.45, 7) is 1.96. The van der Waals surface area contributed by atoms with Crippen molar-refractivity contribution in [2.45, 2.75) is 70.0 Å². The average Bonchev–Trinajstić information content (AvgIpc) is 3.04. The largest absolute Gasteiger partial charge is 0.469 e. The number of unbranched alkanes of at least 4 members (excludes halogenated alkanes) is 3. The van der Waals surface area contributed by atoms with Crippen molar-refractivity contribution in [3.05, 3.63) is 32.6 Å². The number of hydrogen-bond donors (Lipinski definition) is 6. The summed E-state index contributed by atoms with van der Waals surface area (Å²) in [5.41, 5.74) is -1.77. The SMILES string of the molecule is CCCCNC(=O)CCCCC#Cc1cn([C@@H]2O[C@H](COP(=O)(O)O)[C@@H](O)[C@@H]2O)c(=O)[nH]c1=O. The Morgan fingerprint density at radius 3 is 2.68 bits per heavy atom. The number of aliphatic hydroxyl groups is 2. The Morgan fingerprint density at radius 1 is 1.26 bits per heavy atom. The van der Waals surface area contributed by atoms with Gasteiger partial charge in [-0.2, -0.15) is 0 Å². The lowest BCUT2D eigenvalue weighted by atomic mass is 10.1. The molecule has 1 amide bonds. The second-order valence-electron chi connectivity index (χ2n) is 7.75. The van der Waals surface area contributed by atoms with Gasteiger partial charge in [0.05, 0.1) is 6.61 Å². The molecule has 1 aliphatic heterocycles. The van der Waals surface area contributed by atoms with Gasteiger partial charge in [-0.25, -0.2) is 9.36 Å². The number of aliphatic hydroxyl groups excluding tert-OH is 2. The molecule has 6 N–H and O–H groups in total. The molecule has 1 aliphatic rings. The zero-order valence-corrected chi connectivity index (χ0v) is 19.6. The number of aromatic nitrogens is 2. The lowest BCUT2D eigenvalue weighted by Gasteiger charge is -2.17. The molecule has 0 bridgehead atoms. The third kappa shape index (κ3) is 8.48.